The van der Waals surface area contributed by atoms with E-state index in [1.165, 1.54) is 6.07 Å². The van der Waals surface area contributed by atoms with Crippen molar-refractivity contribution in [3.63, 3.8) is 0 Å². The van der Waals surface area contributed by atoms with E-state index >= 15 is 0 Å². The van der Waals surface area contributed by atoms with Crippen LogP contribution >= 0.6 is 11.6 Å². The number of hydrogen-bond acceptors (Lipinski definition) is 3. The van der Waals surface area contributed by atoms with Crippen molar-refractivity contribution in [2.24, 2.45) is 0 Å². The van der Waals surface area contributed by atoms with Crippen LogP contribution in [0.4, 0.5) is 4.39 Å². The fourth-order valence-corrected chi connectivity index (χ4v) is 2.07. The number of rotatable bonds is 7. The molecular weight excluding hydrogens is 281 g/mol. The van der Waals surface area contributed by atoms with Crippen molar-refractivity contribution >= 4 is 11.6 Å². The lowest BCUT2D eigenvalue weighted by molar-refractivity contribution is 0.199. The third-order valence-electron chi connectivity index (χ3n) is 2.94. The highest BCUT2D eigenvalue weighted by Gasteiger charge is 2.08. The van der Waals surface area contributed by atoms with Crippen molar-refractivity contribution in [3.05, 3.63) is 52.8 Å². The quantitative estimate of drug-likeness (QED) is 0.798. The molecule has 0 spiro atoms. The molecule has 0 atom stereocenters. The summed E-state index contributed by atoms with van der Waals surface area (Å²) in [5, 5.41) is 3.39. The van der Waals surface area contributed by atoms with Gasteiger partial charge in [0.25, 0.3) is 0 Å². The number of benzene rings is 1. The van der Waals surface area contributed by atoms with E-state index < -0.39 is 5.82 Å². The lowest BCUT2D eigenvalue weighted by Gasteiger charge is -2.10. The van der Waals surface area contributed by atoms with Gasteiger partial charge in [-0.15, -0.1) is 0 Å². The molecule has 108 valence electrons. The summed E-state index contributed by atoms with van der Waals surface area (Å²) in [5.74, 6) is 0.477. The number of methoxy groups -OCH3 is 1. The van der Waals surface area contributed by atoms with E-state index in [2.05, 4.69) is 10.3 Å². The van der Waals surface area contributed by atoms with Gasteiger partial charge in [-0.05, 0) is 11.6 Å². The van der Waals surface area contributed by atoms with Crippen LogP contribution in [0.25, 0.3) is 0 Å². The van der Waals surface area contributed by atoms with Crippen molar-refractivity contribution in [3.8, 4) is 0 Å². The van der Waals surface area contributed by atoms with E-state index in [0.29, 0.717) is 19.7 Å². The first-order chi connectivity index (χ1) is 9.72. The number of ether oxygens (including phenoxy) is 1. The van der Waals surface area contributed by atoms with Gasteiger partial charge in [-0.25, -0.2) is 9.37 Å². The molecule has 0 amide bonds. The lowest BCUT2D eigenvalue weighted by atomic mass is 10.2. The van der Waals surface area contributed by atoms with Gasteiger partial charge in [-0.1, -0.05) is 23.7 Å². The van der Waals surface area contributed by atoms with Crippen LogP contribution in [0, 0.1) is 5.82 Å². The number of imidazole rings is 1. The molecule has 0 radical (unpaired) electrons. The average molecular weight is 298 g/mol. The standard InChI is InChI=1S/C14H17ClFN3O/c1-20-8-6-17-9-13-18-5-7-19(13)10-11-3-2-4-12(16)14(11)15/h2-5,7,17H,6,8-10H2,1H3. The Morgan fingerprint density at radius 2 is 2.30 bits per heavy atom. The Kier molecular flexibility index (Phi) is 5.52. The van der Waals surface area contributed by atoms with Gasteiger partial charge in [0.2, 0.25) is 0 Å². The number of nitrogens with one attached hydrogen (secondary N) is 1. The number of aromatic nitrogens is 2. The molecule has 0 saturated carbocycles. The molecule has 0 saturated heterocycles. The minimum Gasteiger partial charge on any atom is -0.383 e. The van der Waals surface area contributed by atoms with E-state index in [4.69, 9.17) is 16.3 Å². The minimum atomic E-state index is -0.399. The molecule has 0 aliphatic carbocycles. The molecule has 0 fully saturated rings. The van der Waals surface area contributed by atoms with Crippen molar-refractivity contribution in [1.82, 2.24) is 14.9 Å². The minimum absolute atomic E-state index is 0.166. The largest absolute Gasteiger partial charge is 0.383 e. The third-order valence-corrected chi connectivity index (χ3v) is 3.36. The molecule has 0 bridgehead atoms. The Morgan fingerprint density at radius 3 is 3.10 bits per heavy atom. The number of nitrogens with zero attached hydrogens (tertiary/aromatic N) is 2. The summed E-state index contributed by atoms with van der Waals surface area (Å²) in [5.41, 5.74) is 0.739. The predicted molar refractivity (Wildman–Crippen MR) is 76.3 cm³/mol. The van der Waals surface area contributed by atoms with E-state index in [0.717, 1.165) is 17.9 Å². The molecule has 2 rings (SSSR count). The van der Waals surface area contributed by atoms with Crippen LogP contribution in [0.5, 0.6) is 0 Å². The normalized spacial score (nSPS) is 10.9. The Bertz CT molecular complexity index is 559. The average Bonchev–Trinajstić information content (AvgIpc) is 2.87. The fourth-order valence-electron chi connectivity index (χ4n) is 1.88. The molecular formula is C14H17ClFN3O. The topological polar surface area (TPSA) is 39.1 Å². The van der Waals surface area contributed by atoms with Gasteiger partial charge in [0.15, 0.2) is 0 Å². The SMILES string of the molecule is COCCNCc1nccn1Cc1cccc(F)c1Cl. The summed E-state index contributed by atoms with van der Waals surface area (Å²) >= 11 is 5.97. The molecule has 1 aromatic heterocycles. The highest BCUT2D eigenvalue weighted by atomic mass is 35.5. The summed E-state index contributed by atoms with van der Waals surface area (Å²) in [6, 6.07) is 4.82. The maximum atomic E-state index is 13.4. The summed E-state index contributed by atoms with van der Waals surface area (Å²) in [4.78, 5) is 4.28. The van der Waals surface area contributed by atoms with Gasteiger partial charge in [0, 0.05) is 26.0 Å². The Balaban J connectivity index is 2.03. The smallest absolute Gasteiger partial charge is 0.142 e. The molecule has 1 heterocycles. The van der Waals surface area contributed by atoms with Crippen molar-refractivity contribution in [1.29, 1.82) is 0 Å². The van der Waals surface area contributed by atoms with Gasteiger partial charge < -0.3 is 14.6 Å². The summed E-state index contributed by atoms with van der Waals surface area (Å²) in [7, 11) is 1.66. The highest BCUT2D eigenvalue weighted by molar-refractivity contribution is 6.31. The van der Waals surface area contributed by atoms with Gasteiger partial charge in [-0.3, -0.25) is 0 Å². The third kappa shape index (κ3) is 3.79. The van der Waals surface area contributed by atoms with Crippen LogP contribution in [0.3, 0.4) is 0 Å². The zero-order chi connectivity index (χ0) is 14.4. The Hall–Kier alpha value is -1.43. The maximum Gasteiger partial charge on any atom is 0.142 e. The van der Waals surface area contributed by atoms with Crippen molar-refractivity contribution in [2.45, 2.75) is 13.1 Å². The van der Waals surface area contributed by atoms with Crippen molar-refractivity contribution < 1.29 is 9.13 Å². The zero-order valence-corrected chi connectivity index (χ0v) is 12.0. The monoisotopic (exact) mass is 297 g/mol. The van der Waals surface area contributed by atoms with Crippen LogP contribution < -0.4 is 5.32 Å². The van der Waals surface area contributed by atoms with E-state index in [-0.39, 0.29) is 5.02 Å². The summed E-state index contributed by atoms with van der Waals surface area (Å²) in [6.07, 6.45) is 3.58. The molecule has 1 aromatic carbocycles. The Morgan fingerprint density at radius 1 is 1.45 bits per heavy atom. The predicted octanol–water partition coefficient (Wildman–Crippen LogP) is 2.46. The molecule has 0 aliphatic heterocycles. The second kappa shape index (κ2) is 7.38. The molecule has 20 heavy (non-hydrogen) atoms. The van der Waals surface area contributed by atoms with Gasteiger partial charge in [-0.2, -0.15) is 0 Å². The van der Waals surface area contributed by atoms with Gasteiger partial charge in [0.1, 0.15) is 11.6 Å². The van der Waals surface area contributed by atoms with Gasteiger partial charge >= 0.3 is 0 Å². The Labute approximate surface area is 122 Å². The summed E-state index contributed by atoms with van der Waals surface area (Å²) in [6.45, 7) is 2.53. The second-order valence-corrected chi connectivity index (χ2v) is 4.73. The fraction of sp³-hybridized carbons (Fsp3) is 0.357. The first-order valence-corrected chi connectivity index (χ1v) is 6.72. The first kappa shape index (κ1) is 15.0. The van der Waals surface area contributed by atoms with Crippen LogP contribution in [0.2, 0.25) is 5.02 Å². The highest BCUT2D eigenvalue weighted by Crippen LogP contribution is 2.20. The van der Waals surface area contributed by atoms with Gasteiger partial charge in [0.05, 0.1) is 24.7 Å². The first-order valence-electron chi connectivity index (χ1n) is 6.35. The number of halogens is 2. The maximum absolute atomic E-state index is 13.4. The van der Waals surface area contributed by atoms with E-state index in [9.17, 15) is 4.39 Å². The molecule has 6 heteroatoms. The van der Waals surface area contributed by atoms with Crippen LogP contribution in [-0.2, 0) is 17.8 Å². The van der Waals surface area contributed by atoms with Crippen LogP contribution in [0.1, 0.15) is 11.4 Å². The summed E-state index contributed by atoms with van der Waals surface area (Å²) < 4.78 is 20.3. The molecule has 0 unspecified atom stereocenters. The molecule has 2 aromatic rings. The lowest BCUT2D eigenvalue weighted by Crippen LogP contribution is -2.21. The molecule has 4 nitrogen and oxygen atoms in total. The molecule has 1 N–H and O–H groups in total. The molecule has 0 aliphatic rings. The zero-order valence-electron chi connectivity index (χ0n) is 11.3. The second-order valence-electron chi connectivity index (χ2n) is 4.35. The van der Waals surface area contributed by atoms with Crippen LogP contribution in [0.15, 0.2) is 30.6 Å². The number of hydrogen-bond donors (Lipinski definition) is 1. The van der Waals surface area contributed by atoms with Crippen LogP contribution in [-0.4, -0.2) is 29.8 Å². The van der Waals surface area contributed by atoms with E-state index in [1.807, 2.05) is 16.8 Å². The van der Waals surface area contributed by atoms with Crippen molar-refractivity contribution in [2.75, 3.05) is 20.3 Å². The van der Waals surface area contributed by atoms with E-state index in [1.54, 1.807) is 19.4 Å².